The Labute approximate surface area is 217 Å². The second-order valence-electron chi connectivity index (χ2n) is 10.6. The lowest BCUT2D eigenvalue weighted by Gasteiger charge is -2.18. The molecule has 0 saturated heterocycles. The maximum Gasteiger partial charge on any atom is 0.0356 e. The van der Waals surface area contributed by atoms with E-state index in [1.807, 2.05) is 6.07 Å². The summed E-state index contributed by atoms with van der Waals surface area (Å²) in [6.07, 6.45) is 9.45. The van der Waals surface area contributed by atoms with Crippen LogP contribution < -0.4 is 5.73 Å². The van der Waals surface area contributed by atoms with Crippen LogP contribution in [0.5, 0.6) is 0 Å². The monoisotopic (exact) mass is 473 g/mol. The Balaban J connectivity index is 1.52. The molecule has 0 bridgehead atoms. The standard InChI is InChI=1S/C35H39N/c1-22(2)31(19-28-11-9-24(4)26(6)17-28)16-23(3)8-12-29-14-15-35(36)34-21-32(20-33(29)34)30-13-10-25(5)27(7)18-30/h8-15,17-18,20,31H,1,3,16,19,21,36H2,2,4-7H3/b12-8+. The van der Waals surface area contributed by atoms with Crippen molar-refractivity contribution in [2.45, 2.75) is 53.9 Å². The van der Waals surface area contributed by atoms with Gasteiger partial charge in [0.15, 0.2) is 0 Å². The third-order valence-electron chi connectivity index (χ3n) is 7.75. The molecule has 0 aliphatic heterocycles. The van der Waals surface area contributed by atoms with Gasteiger partial charge in [-0.2, -0.15) is 0 Å². The predicted molar refractivity (Wildman–Crippen MR) is 159 cm³/mol. The number of anilines is 1. The van der Waals surface area contributed by atoms with Gasteiger partial charge < -0.3 is 5.73 Å². The van der Waals surface area contributed by atoms with E-state index in [1.54, 1.807) is 0 Å². The van der Waals surface area contributed by atoms with Gasteiger partial charge >= 0.3 is 0 Å². The minimum atomic E-state index is 0.373. The first-order valence-electron chi connectivity index (χ1n) is 12.9. The fraction of sp³-hybridized carbons (Fsp3) is 0.257. The van der Waals surface area contributed by atoms with Crippen molar-refractivity contribution in [3.05, 3.63) is 129 Å². The molecule has 184 valence electrons. The smallest absolute Gasteiger partial charge is 0.0356 e. The van der Waals surface area contributed by atoms with Crippen molar-refractivity contribution in [3.8, 4) is 0 Å². The van der Waals surface area contributed by atoms with Gasteiger partial charge in [-0.15, -0.1) is 0 Å². The van der Waals surface area contributed by atoms with Crippen LogP contribution in [0.4, 0.5) is 5.69 Å². The number of hydrogen-bond donors (Lipinski definition) is 1. The summed E-state index contributed by atoms with van der Waals surface area (Å²) in [4.78, 5) is 0. The van der Waals surface area contributed by atoms with Crippen molar-refractivity contribution in [3.63, 3.8) is 0 Å². The van der Waals surface area contributed by atoms with Gasteiger partial charge in [0, 0.05) is 12.1 Å². The molecule has 0 saturated carbocycles. The lowest BCUT2D eigenvalue weighted by molar-refractivity contribution is 0.611. The highest BCUT2D eigenvalue weighted by atomic mass is 14.6. The average Bonchev–Trinajstić information content (AvgIpc) is 3.29. The molecule has 1 nitrogen and oxygen atoms in total. The first-order chi connectivity index (χ1) is 17.1. The van der Waals surface area contributed by atoms with E-state index in [9.17, 15) is 0 Å². The van der Waals surface area contributed by atoms with E-state index < -0.39 is 0 Å². The van der Waals surface area contributed by atoms with Crippen molar-refractivity contribution >= 4 is 23.4 Å². The molecule has 1 aliphatic carbocycles. The highest BCUT2D eigenvalue weighted by Crippen LogP contribution is 2.38. The number of fused-ring (bicyclic) bond motifs is 1. The largest absolute Gasteiger partial charge is 0.398 e. The Kier molecular flexibility index (Phi) is 7.50. The first kappa shape index (κ1) is 25.5. The van der Waals surface area contributed by atoms with Crippen molar-refractivity contribution in [2.24, 2.45) is 5.92 Å². The summed E-state index contributed by atoms with van der Waals surface area (Å²) in [5.41, 5.74) is 22.5. The summed E-state index contributed by atoms with van der Waals surface area (Å²) in [5.74, 6) is 0.373. The summed E-state index contributed by atoms with van der Waals surface area (Å²) in [6.45, 7) is 19.5. The SMILES string of the molecule is C=C(/C=C/c1ccc(N)c2c1C=C(c1ccc(C)c(C)c1)C2)CC(Cc1ccc(C)c(C)c1)C(=C)C. The molecule has 0 amide bonds. The summed E-state index contributed by atoms with van der Waals surface area (Å²) >= 11 is 0. The van der Waals surface area contributed by atoms with Crippen molar-refractivity contribution in [1.82, 2.24) is 0 Å². The average molecular weight is 474 g/mol. The second-order valence-corrected chi connectivity index (χ2v) is 10.6. The van der Waals surface area contributed by atoms with Crippen LogP contribution in [0.25, 0.3) is 17.7 Å². The fourth-order valence-corrected chi connectivity index (χ4v) is 4.98. The molecule has 0 heterocycles. The summed E-state index contributed by atoms with van der Waals surface area (Å²) in [5, 5.41) is 0. The van der Waals surface area contributed by atoms with Gasteiger partial charge in [-0.05, 0) is 121 Å². The molecular formula is C35H39N. The molecule has 1 aliphatic rings. The molecule has 0 fully saturated rings. The maximum absolute atomic E-state index is 6.40. The van der Waals surface area contributed by atoms with Gasteiger partial charge in [0.25, 0.3) is 0 Å². The van der Waals surface area contributed by atoms with Crippen LogP contribution in [0.3, 0.4) is 0 Å². The minimum absolute atomic E-state index is 0.373. The van der Waals surface area contributed by atoms with Crippen molar-refractivity contribution in [1.29, 1.82) is 0 Å². The number of aryl methyl sites for hydroxylation is 4. The zero-order valence-corrected chi connectivity index (χ0v) is 22.5. The molecular weight excluding hydrogens is 434 g/mol. The Hall–Kier alpha value is -3.58. The molecule has 3 aromatic carbocycles. The Bertz CT molecular complexity index is 1400. The van der Waals surface area contributed by atoms with Gasteiger partial charge in [0.05, 0.1) is 0 Å². The topological polar surface area (TPSA) is 26.0 Å². The molecule has 1 heteroatoms. The van der Waals surface area contributed by atoms with Gasteiger partial charge in [-0.25, -0.2) is 0 Å². The number of benzene rings is 3. The van der Waals surface area contributed by atoms with E-state index in [1.165, 1.54) is 61.2 Å². The number of allylic oxidation sites excluding steroid dienone is 4. The predicted octanol–water partition coefficient (Wildman–Crippen LogP) is 8.99. The number of rotatable bonds is 8. The summed E-state index contributed by atoms with van der Waals surface area (Å²) in [6, 6.07) is 17.6. The Morgan fingerprint density at radius 3 is 2.28 bits per heavy atom. The molecule has 4 rings (SSSR count). The van der Waals surface area contributed by atoms with Crippen LogP contribution in [-0.4, -0.2) is 0 Å². The third-order valence-corrected chi connectivity index (χ3v) is 7.75. The van der Waals surface area contributed by atoms with E-state index in [0.29, 0.717) is 5.92 Å². The van der Waals surface area contributed by atoms with Crippen LogP contribution in [-0.2, 0) is 12.8 Å². The normalized spacial score (nSPS) is 13.5. The van der Waals surface area contributed by atoms with Crippen LogP contribution in [0, 0.1) is 33.6 Å². The maximum atomic E-state index is 6.40. The molecule has 0 radical (unpaired) electrons. The van der Waals surface area contributed by atoms with Crippen molar-refractivity contribution < 1.29 is 0 Å². The van der Waals surface area contributed by atoms with E-state index in [2.05, 4.69) is 108 Å². The molecule has 3 aromatic rings. The van der Waals surface area contributed by atoms with Crippen LogP contribution in [0.15, 0.2) is 78.9 Å². The Morgan fingerprint density at radius 1 is 0.917 bits per heavy atom. The van der Waals surface area contributed by atoms with Crippen LogP contribution >= 0.6 is 0 Å². The number of hydrogen-bond acceptors (Lipinski definition) is 1. The highest BCUT2D eigenvalue weighted by molar-refractivity contribution is 5.93. The van der Waals surface area contributed by atoms with E-state index >= 15 is 0 Å². The Morgan fingerprint density at radius 2 is 1.61 bits per heavy atom. The van der Waals surface area contributed by atoms with Gasteiger partial charge in [0.1, 0.15) is 0 Å². The fourth-order valence-electron chi connectivity index (χ4n) is 4.98. The van der Waals surface area contributed by atoms with Crippen LogP contribution in [0.2, 0.25) is 0 Å². The van der Waals surface area contributed by atoms with Gasteiger partial charge in [-0.1, -0.05) is 78.9 Å². The minimum Gasteiger partial charge on any atom is -0.398 e. The molecule has 36 heavy (non-hydrogen) atoms. The molecule has 2 N–H and O–H groups in total. The van der Waals surface area contributed by atoms with Gasteiger partial charge in [0.2, 0.25) is 0 Å². The van der Waals surface area contributed by atoms with E-state index in [-0.39, 0.29) is 0 Å². The molecule has 1 atom stereocenters. The van der Waals surface area contributed by atoms with Crippen LogP contribution in [0.1, 0.15) is 63.4 Å². The first-order valence-corrected chi connectivity index (χ1v) is 12.9. The van der Waals surface area contributed by atoms with E-state index in [4.69, 9.17) is 5.73 Å². The lowest BCUT2D eigenvalue weighted by Crippen LogP contribution is -2.07. The molecule has 0 aromatic heterocycles. The molecule has 1 unspecified atom stereocenters. The zero-order chi connectivity index (χ0) is 26.0. The van der Waals surface area contributed by atoms with Gasteiger partial charge in [-0.3, -0.25) is 0 Å². The third kappa shape index (κ3) is 5.62. The second kappa shape index (κ2) is 10.6. The van der Waals surface area contributed by atoms with Crippen molar-refractivity contribution in [2.75, 3.05) is 5.73 Å². The number of nitrogens with two attached hydrogens (primary N) is 1. The number of nitrogen functional groups attached to an aromatic ring is 1. The lowest BCUT2D eigenvalue weighted by atomic mass is 9.87. The zero-order valence-electron chi connectivity index (χ0n) is 22.5. The molecule has 0 spiro atoms. The van der Waals surface area contributed by atoms with E-state index in [0.717, 1.165) is 30.5 Å². The quantitative estimate of drug-likeness (QED) is 0.197. The summed E-state index contributed by atoms with van der Waals surface area (Å²) in [7, 11) is 0. The highest BCUT2D eigenvalue weighted by Gasteiger charge is 2.19. The summed E-state index contributed by atoms with van der Waals surface area (Å²) < 4.78 is 0.